The molecule has 18 heavy (non-hydrogen) atoms. The van der Waals surface area contributed by atoms with Crippen LogP contribution in [0.3, 0.4) is 0 Å². The Kier molecular flexibility index (Phi) is 4.37. The lowest BCUT2D eigenvalue weighted by molar-refractivity contribution is 0.586. The average Bonchev–Trinajstić information content (AvgIpc) is 2.72. The smallest absolute Gasteiger partial charge is 0.0958 e. The van der Waals surface area contributed by atoms with Crippen LogP contribution in [0.25, 0.3) is 11.0 Å². The van der Waals surface area contributed by atoms with E-state index < -0.39 is 0 Å². The average molecular weight is 245 g/mol. The van der Waals surface area contributed by atoms with Crippen molar-refractivity contribution in [3.63, 3.8) is 0 Å². The molecule has 1 N–H and O–H groups in total. The molecule has 0 atom stereocenters. The van der Waals surface area contributed by atoms with Crippen LogP contribution < -0.4 is 5.32 Å². The summed E-state index contributed by atoms with van der Waals surface area (Å²) in [7, 11) is 0. The Bertz CT molecular complexity index is 514. The number of benzene rings is 1. The van der Waals surface area contributed by atoms with Crippen molar-refractivity contribution in [3.05, 3.63) is 29.6 Å². The van der Waals surface area contributed by atoms with Gasteiger partial charge >= 0.3 is 0 Å². The maximum atomic E-state index is 4.47. The molecule has 1 aromatic heterocycles. The Balaban J connectivity index is 2.03. The molecule has 0 aliphatic heterocycles. The minimum absolute atomic E-state index is 0.989. The van der Waals surface area contributed by atoms with Crippen LogP contribution in [-0.4, -0.2) is 22.6 Å². The van der Waals surface area contributed by atoms with Gasteiger partial charge in [0.2, 0.25) is 0 Å². The second-order valence-electron chi connectivity index (χ2n) is 4.97. The maximum Gasteiger partial charge on any atom is 0.0958 e. The van der Waals surface area contributed by atoms with Gasteiger partial charge in [0.15, 0.2) is 0 Å². The van der Waals surface area contributed by atoms with E-state index in [-0.39, 0.29) is 0 Å². The van der Waals surface area contributed by atoms with Gasteiger partial charge in [0, 0.05) is 13.1 Å². The van der Waals surface area contributed by atoms with Gasteiger partial charge in [-0.2, -0.15) is 0 Å². The first-order valence-corrected chi connectivity index (χ1v) is 6.85. The van der Waals surface area contributed by atoms with Crippen LogP contribution in [-0.2, 0) is 6.54 Å². The Morgan fingerprint density at radius 1 is 1.17 bits per heavy atom. The van der Waals surface area contributed by atoms with Crippen LogP contribution in [0.2, 0.25) is 0 Å². The maximum absolute atomic E-state index is 4.47. The molecular weight excluding hydrogens is 222 g/mol. The predicted molar refractivity (Wildman–Crippen MR) is 77.0 cm³/mol. The number of hydrogen-bond donors (Lipinski definition) is 1. The van der Waals surface area contributed by atoms with Crippen molar-refractivity contribution in [1.82, 2.24) is 14.9 Å². The number of imidazole rings is 1. The third kappa shape index (κ3) is 2.91. The first-order chi connectivity index (χ1) is 8.72. The topological polar surface area (TPSA) is 29.9 Å². The fourth-order valence-corrected chi connectivity index (χ4v) is 2.12. The number of nitrogens with zero attached hydrogens (tertiary/aromatic N) is 2. The molecule has 0 aliphatic carbocycles. The summed E-state index contributed by atoms with van der Waals surface area (Å²) in [6.45, 7) is 9.63. The molecule has 98 valence electrons. The van der Waals surface area contributed by atoms with Crippen molar-refractivity contribution in [2.24, 2.45) is 0 Å². The molecule has 0 aliphatic rings. The van der Waals surface area contributed by atoms with Crippen molar-refractivity contribution >= 4 is 11.0 Å². The Morgan fingerprint density at radius 2 is 1.94 bits per heavy atom. The highest BCUT2D eigenvalue weighted by molar-refractivity contribution is 5.77. The molecule has 2 aromatic rings. The highest BCUT2D eigenvalue weighted by Crippen LogP contribution is 2.18. The second-order valence-corrected chi connectivity index (χ2v) is 4.97. The number of aromatic nitrogens is 2. The van der Waals surface area contributed by atoms with Gasteiger partial charge in [-0.25, -0.2) is 4.98 Å². The molecule has 0 spiro atoms. The summed E-state index contributed by atoms with van der Waals surface area (Å²) in [6, 6.07) is 4.41. The molecule has 3 nitrogen and oxygen atoms in total. The number of hydrogen-bond acceptors (Lipinski definition) is 2. The number of fused-ring (bicyclic) bond motifs is 1. The van der Waals surface area contributed by atoms with E-state index in [1.54, 1.807) is 0 Å². The quantitative estimate of drug-likeness (QED) is 0.793. The fraction of sp³-hybridized carbons (Fsp3) is 0.533. The van der Waals surface area contributed by atoms with Crippen LogP contribution in [0.15, 0.2) is 18.5 Å². The van der Waals surface area contributed by atoms with Gasteiger partial charge in [-0.05, 0) is 50.1 Å². The van der Waals surface area contributed by atoms with Crippen LogP contribution in [0, 0.1) is 13.8 Å². The highest BCUT2D eigenvalue weighted by atomic mass is 15.1. The summed E-state index contributed by atoms with van der Waals surface area (Å²) in [5.74, 6) is 0. The molecule has 3 heteroatoms. The van der Waals surface area contributed by atoms with Crippen molar-refractivity contribution in [2.75, 3.05) is 13.1 Å². The van der Waals surface area contributed by atoms with Crippen molar-refractivity contribution in [3.8, 4) is 0 Å². The molecule has 1 heterocycles. The Labute approximate surface area is 109 Å². The van der Waals surface area contributed by atoms with E-state index in [0.717, 1.165) is 25.2 Å². The van der Waals surface area contributed by atoms with E-state index in [9.17, 15) is 0 Å². The molecule has 0 saturated carbocycles. The molecule has 0 saturated heterocycles. The Hall–Kier alpha value is -1.35. The molecule has 0 unspecified atom stereocenters. The van der Waals surface area contributed by atoms with Gasteiger partial charge in [-0.3, -0.25) is 0 Å². The molecule has 0 radical (unpaired) electrons. The van der Waals surface area contributed by atoms with E-state index in [1.165, 1.54) is 29.5 Å². The van der Waals surface area contributed by atoms with Crippen LogP contribution in [0.1, 0.15) is 30.9 Å². The summed E-state index contributed by atoms with van der Waals surface area (Å²) in [5.41, 5.74) is 5.00. The highest BCUT2D eigenvalue weighted by Gasteiger charge is 2.04. The first-order valence-electron chi connectivity index (χ1n) is 6.85. The van der Waals surface area contributed by atoms with Crippen LogP contribution >= 0.6 is 0 Å². The predicted octanol–water partition coefficient (Wildman–Crippen LogP) is 3.04. The van der Waals surface area contributed by atoms with Crippen molar-refractivity contribution < 1.29 is 0 Å². The molecule has 0 fully saturated rings. The summed E-state index contributed by atoms with van der Waals surface area (Å²) in [6.07, 6.45) is 4.45. The molecule has 2 rings (SSSR count). The molecule has 1 aromatic carbocycles. The number of aryl methyl sites for hydroxylation is 2. The molecule has 0 amide bonds. The van der Waals surface area contributed by atoms with Gasteiger partial charge < -0.3 is 9.88 Å². The standard InChI is InChI=1S/C15H23N3/c1-4-5-6-16-7-8-18-11-17-14-9-12(2)13(3)10-15(14)18/h9-11,16H,4-8H2,1-3H3. The van der Waals surface area contributed by atoms with Gasteiger partial charge in [0.1, 0.15) is 0 Å². The third-order valence-electron chi connectivity index (χ3n) is 3.47. The van der Waals surface area contributed by atoms with Crippen molar-refractivity contribution in [1.29, 1.82) is 0 Å². The lowest BCUT2D eigenvalue weighted by Gasteiger charge is -2.07. The normalized spacial score (nSPS) is 11.3. The van der Waals surface area contributed by atoms with E-state index in [1.807, 2.05) is 6.33 Å². The fourth-order valence-electron chi connectivity index (χ4n) is 2.12. The van der Waals surface area contributed by atoms with Crippen molar-refractivity contribution in [2.45, 2.75) is 40.2 Å². The zero-order chi connectivity index (χ0) is 13.0. The lowest BCUT2D eigenvalue weighted by atomic mass is 10.1. The van der Waals surface area contributed by atoms with Gasteiger partial charge in [-0.15, -0.1) is 0 Å². The lowest BCUT2D eigenvalue weighted by Crippen LogP contribution is -2.20. The number of rotatable bonds is 6. The summed E-state index contributed by atoms with van der Waals surface area (Å²) >= 11 is 0. The SMILES string of the molecule is CCCCNCCn1cnc2cc(C)c(C)cc21. The number of unbranched alkanes of at least 4 members (excludes halogenated alkanes) is 1. The Morgan fingerprint density at radius 3 is 2.72 bits per heavy atom. The van der Waals surface area contributed by atoms with E-state index >= 15 is 0 Å². The monoisotopic (exact) mass is 245 g/mol. The summed E-state index contributed by atoms with van der Waals surface area (Å²) in [4.78, 5) is 4.47. The second kappa shape index (κ2) is 6.01. The van der Waals surface area contributed by atoms with E-state index in [0.29, 0.717) is 0 Å². The summed E-state index contributed by atoms with van der Waals surface area (Å²) < 4.78 is 2.24. The zero-order valence-corrected chi connectivity index (χ0v) is 11.7. The largest absolute Gasteiger partial charge is 0.329 e. The first kappa shape index (κ1) is 13.1. The summed E-state index contributed by atoms with van der Waals surface area (Å²) in [5, 5.41) is 3.47. The van der Waals surface area contributed by atoms with Gasteiger partial charge in [0.25, 0.3) is 0 Å². The number of nitrogens with one attached hydrogen (secondary N) is 1. The van der Waals surface area contributed by atoms with Gasteiger partial charge in [0.05, 0.1) is 17.4 Å². The third-order valence-corrected chi connectivity index (χ3v) is 3.47. The zero-order valence-electron chi connectivity index (χ0n) is 11.7. The van der Waals surface area contributed by atoms with Gasteiger partial charge in [-0.1, -0.05) is 13.3 Å². The van der Waals surface area contributed by atoms with Crippen LogP contribution in [0.4, 0.5) is 0 Å². The molecule has 0 bridgehead atoms. The van der Waals surface area contributed by atoms with E-state index in [4.69, 9.17) is 0 Å². The van der Waals surface area contributed by atoms with Crippen LogP contribution in [0.5, 0.6) is 0 Å². The minimum Gasteiger partial charge on any atom is -0.329 e. The van der Waals surface area contributed by atoms with E-state index in [2.05, 4.69) is 47.8 Å². The molecular formula is C15H23N3. The minimum atomic E-state index is 0.989.